The van der Waals surface area contributed by atoms with Crippen LogP contribution in [0.5, 0.6) is 0 Å². The number of hydrogen-bond acceptors (Lipinski definition) is 5. The Morgan fingerprint density at radius 1 is 1.33 bits per heavy atom. The van der Waals surface area contributed by atoms with Crippen LogP contribution >= 0.6 is 0 Å². The molecule has 0 aromatic carbocycles. The van der Waals surface area contributed by atoms with Crippen LogP contribution in [-0.2, 0) is 16.1 Å². The number of piperazine rings is 1. The zero-order chi connectivity index (χ0) is 19.3. The first-order valence-electron chi connectivity index (χ1n) is 9.57. The van der Waals surface area contributed by atoms with Crippen molar-refractivity contribution < 1.29 is 18.7 Å². The second-order valence-electron chi connectivity index (χ2n) is 7.43. The zero-order valence-corrected chi connectivity index (χ0v) is 16.3. The van der Waals surface area contributed by atoms with Crippen LogP contribution in [0.15, 0.2) is 22.8 Å². The van der Waals surface area contributed by atoms with E-state index in [-0.39, 0.29) is 17.5 Å². The molecule has 150 valence electrons. The standard InChI is InChI=1S/C19H30N4O4/c1-21-9-10-23(18(25)20-14-16-4-3-12-27-16)15-19(21)6-5-17(24)22(8-7-19)11-13-26-2/h3-4,12H,5-11,13-15H2,1-2H3,(H,20,25). The number of likely N-dealkylation sites (tertiary alicyclic amines) is 1. The van der Waals surface area contributed by atoms with Gasteiger partial charge in [0.2, 0.25) is 5.91 Å². The van der Waals surface area contributed by atoms with E-state index in [1.165, 1.54) is 0 Å². The molecule has 3 heterocycles. The van der Waals surface area contributed by atoms with E-state index in [0.717, 1.165) is 25.1 Å². The number of furan rings is 1. The molecule has 0 saturated carbocycles. The molecule has 2 fully saturated rings. The molecule has 1 aromatic heterocycles. The van der Waals surface area contributed by atoms with Crippen LogP contribution in [0.4, 0.5) is 4.79 Å². The van der Waals surface area contributed by atoms with Crippen LogP contribution in [0.1, 0.15) is 25.0 Å². The lowest BCUT2D eigenvalue weighted by atomic mass is 9.86. The molecule has 0 radical (unpaired) electrons. The number of nitrogens with zero attached hydrogens (tertiary/aromatic N) is 3. The summed E-state index contributed by atoms with van der Waals surface area (Å²) in [5.41, 5.74) is -0.155. The van der Waals surface area contributed by atoms with Crippen LogP contribution in [0.3, 0.4) is 0 Å². The van der Waals surface area contributed by atoms with E-state index in [0.29, 0.717) is 45.8 Å². The number of carbonyl (C=O) groups excluding carboxylic acids is 2. The molecule has 2 aliphatic rings. The van der Waals surface area contributed by atoms with Crippen LogP contribution in [0, 0.1) is 0 Å². The van der Waals surface area contributed by atoms with E-state index in [2.05, 4.69) is 17.3 Å². The van der Waals surface area contributed by atoms with Gasteiger partial charge < -0.3 is 24.3 Å². The molecule has 27 heavy (non-hydrogen) atoms. The number of methoxy groups -OCH3 is 1. The number of amides is 3. The first kappa shape index (κ1) is 19.7. The average molecular weight is 378 g/mol. The predicted molar refractivity (Wildman–Crippen MR) is 100 cm³/mol. The van der Waals surface area contributed by atoms with Gasteiger partial charge in [0, 0.05) is 51.8 Å². The lowest BCUT2D eigenvalue weighted by Crippen LogP contribution is -2.63. The average Bonchev–Trinajstić information content (AvgIpc) is 3.14. The molecule has 1 aromatic rings. The van der Waals surface area contributed by atoms with Gasteiger partial charge in [-0.15, -0.1) is 0 Å². The molecule has 1 spiro atoms. The number of ether oxygens (including phenoxy) is 1. The third kappa shape index (κ3) is 4.62. The first-order valence-corrected chi connectivity index (χ1v) is 9.57. The van der Waals surface area contributed by atoms with Crippen molar-refractivity contribution in [3.05, 3.63) is 24.2 Å². The van der Waals surface area contributed by atoms with Crippen molar-refractivity contribution in [3.8, 4) is 0 Å². The molecule has 3 rings (SSSR count). The van der Waals surface area contributed by atoms with E-state index >= 15 is 0 Å². The lowest BCUT2D eigenvalue weighted by molar-refractivity contribution is -0.131. The number of likely N-dealkylation sites (N-methyl/N-ethyl adjacent to an activating group) is 1. The van der Waals surface area contributed by atoms with E-state index in [1.807, 2.05) is 21.9 Å². The molecule has 0 aliphatic carbocycles. The van der Waals surface area contributed by atoms with E-state index in [9.17, 15) is 9.59 Å². The molecule has 3 amide bonds. The largest absolute Gasteiger partial charge is 0.467 e. The minimum Gasteiger partial charge on any atom is -0.467 e. The number of urea groups is 1. The second-order valence-corrected chi connectivity index (χ2v) is 7.43. The van der Waals surface area contributed by atoms with Crippen molar-refractivity contribution in [1.82, 2.24) is 20.0 Å². The molecule has 2 saturated heterocycles. The Kier molecular flexibility index (Phi) is 6.38. The fourth-order valence-corrected chi connectivity index (χ4v) is 3.99. The summed E-state index contributed by atoms with van der Waals surface area (Å²) in [6.45, 7) is 4.39. The Labute approximate surface area is 160 Å². The van der Waals surface area contributed by atoms with Crippen molar-refractivity contribution in [2.75, 3.05) is 53.5 Å². The number of carbonyl (C=O) groups is 2. The van der Waals surface area contributed by atoms with Gasteiger partial charge in [0.15, 0.2) is 0 Å². The summed E-state index contributed by atoms with van der Waals surface area (Å²) in [4.78, 5) is 31.2. The summed E-state index contributed by atoms with van der Waals surface area (Å²) < 4.78 is 10.4. The Morgan fingerprint density at radius 3 is 2.93 bits per heavy atom. The number of hydrogen-bond donors (Lipinski definition) is 1. The van der Waals surface area contributed by atoms with Gasteiger partial charge >= 0.3 is 6.03 Å². The van der Waals surface area contributed by atoms with Gasteiger partial charge in [-0.1, -0.05) is 0 Å². The molecule has 0 bridgehead atoms. The highest BCUT2D eigenvalue weighted by atomic mass is 16.5. The lowest BCUT2D eigenvalue weighted by Gasteiger charge is -2.49. The SMILES string of the molecule is COCCN1CCC2(CCC1=O)CN(C(=O)NCc1ccco1)CCN2C. The van der Waals surface area contributed by atoms with E-state index < -0.39 is 0 Å². The summed E-state index contributed by atoms with van der Waals surface area (Å²) in [6.07, 6.45) is 3.74. The van der Waals surface area contributed by atoms with Gasteiger partial charge in [0.1, 0.15) is 5.76 Å². The monoisotopic (exact) mass is 378 g/mol. The maximum atomic E-state index is 12.6. The summed E-state index contributed by atoms with van der Waals surface area (Å²) in [7, 11) is 3.76. The maximum Gasteiger partial charge on any atom is 0.317 e. The highest BCUT2D eigenvalue weighted by molar-refractivity contribution is 5.77. The van der Waals surface area contributed by atoms with Crippen molar-refractivity contribution >= 4 is 11.9 Å². The summed E-state index contributed by atoms with van der Waals surface area (Å²) in [6, 6.07) is 3.58. The Hall–Kier alpha value is -2.06. The van der Waals surface area contributed by atoms with E-state index in [4.69, 9.17) is 9.15 Å². The maximum absolute atomic E-state index is 12.6. The summed E-state index contributed by atoms with van der Waals surface area (Å²) in [5, 5.41) is 2.93. The van der Waals surface area contributed by atoms with Gasteiger partial charge in [-0.3, -0.25) is 9.69 Å². The Balaban J connectivity index is 1.61. The van der Waals surface area contributed by atoms with Crippen molar-refractivity contribution in [2.24, 2.45) is 0 Å². The normalized spacial score (nSPS) is 24.3. The molecular formula is C19H30N4O4. The smallest absolute Gasteiger partial charge is 0.317 e. The molecule has 8 nitrogen and oxygen atoms in total. The zero-order valence-electron chi connectivity index (χ0n) is 16.3. The van der Waals surface area contributed by atoms with Gasteiger partial charge in [-0.2, -0.15) is 0 Å². The number of rotatable bonds is 5. The van der Waals surface area contributed by atoms with Crippen molar-refractivity contribution in [3.63, 3.8) is 0 Å². The van der Waals surface area contributed by atoms with Gasteiger partial charge in [0.05, 0.1) is 19.4 Å². The molecule has 8 heteroatoms. The minimum atomic E-state index is -0.155. The van der Waals surface area contributed by atoms with Gasteiger partial charge in [-0.05, 0) is 32.0 Å². The van der Waals surface area contributed by atoms with Crippen LogP contribution in [0.25, 0.3) is 0 Å². The molecule has 1 N–H and O–H groups in total. The molecule has 1 atom stereocenters. The summed E-state index contributed by atoms with van der Waals surface area (Å²) in [5.74, 6) is 0.915. The topological polar surface area (TPSA) is 78.3 Å². The second kappa shape index (κ2) is 8.75. The Morgan fingerprint density at radius 2 is 2.19 bits per heavy atom. The van der Waals surface area contributed by atoms with E-state index in [1.54, 1.807) is 13.4 Å². The highest BCUT2D eigenvalue weighted by Crippen LogP contribution is 2.32. The molecule has 1 unspecified atom stereocenters. The minimum absolute atomic E-state index is 0.0781. The fourth-order valence-electron chi connectivity index (χ4n) is 3.99. The predicted octanol–water partition coefficient (Wildman–Crippen LogP) is 1.13. The third-order valence-electron chi connectivity index (χ3n) is 5.85. The number of nitrogens with one attached hydrogen (secondary N) is 1. The van der Waals surface area contributed by atoms with Gasteiger partial charge in [0.25, 0.3) is 0 Å². The fraction of sp³-hybridized carbons (Fsp3) is 0.684. The highest BCUT2D eigenvalue weighted by Gasteiger charge is 2.43. The quantitative estimate of drug-likeness (QED) is 0.831. The first-order chi connectivity index (χ1) is 13.0. The van der Waals surface area contributed by atoms with Crippen molar-refractivity contribution in [1.29, 1.82) is 0 Å². The van der Waals surface area contributed by atoms with Gasteiger partial charge in [-0.25, -0.2) is 4.79 Å². The Bertz CT molecular complexity index is 636. The third-order valence-corrected chi connectivity index (χ3v) is 5.85. The molecular weight excluding hydrogens is 348 g/mol. The molecule has 2 aliphatic heterocycles. The van der Waals surface area contributed by atoms with Crippen LogP contribution in [-0.4, -0.2) is 85.7 Å². The van der Waals surface area contributed by atoms with Crippen molar-refractivity contribution in [2.45, 2.75) is 31.3 Å². The summed E-state index contributed by atoms with van der Waals surface area (Å²) >= 11 is 0. The van der Waals surface area contributed by atoms with Crippen LogP contribution in [0.2, 0.25) is 0 Å². The van der Waals surface area contributed by atoms with Crippen LogP contribution < -0.4 is 5.32 Å².